The molecule has 0 unspecified atom stereocenters. The number of fused-ring (bicyclic) bond motifs is 1. The van der Waals surface area contributed by atoms with Gasteiger partial charge in [-0.05, 0) is 45.7 Å². The molecule has 3 rings (SSSR count). The molecule has 1 saturated heterocycles. The Labute approximate surface area is 148 Å². The molecule has 1 aliphatic rings. The molecule has 1 aromatic carbocycles. The summed E-state index contributed by atoms with van der Waals surface area (Å²) in [5, 5.41) is 7.08. The van der Waals surface area contributed by atoms with Crippen LogP contribution in [0, 0.1) is 0 Å². The van der Waals surface area contributed by atoms with Gasteiger partial charge in [-0.1, -0.05) is 18.2 Å². The monoisotopic (exact) mass is 342 g/mol. The van der Waals surface area contributed by atoms with Gasteiger partial charge < -0.3 is 20.5 Å². The Morgan fingerprint density at radius 2 is 1.84 bits per heavy atom. The van der Waals surface area contributed by atoms with Gasteiger partial charge in [0.25, 0.3) is 5.91 Å². The number of benzene rings is 1. The number of H-pyrrole nitrogens is 1. The molecule has 0 radical (unpaired) electrons. The number of nitrogens with zero attached hydrogens (tertiary/aromatic N) is 1. The highest BCUT2D eigenvalue weighted by molar-refractivity contribution is 5.98. The summed E-state index contributed by atoms with van der Waals surface area (Å²) >= 11 is 0. The third-order valence-corrected chi connectivity index (χ3v) is 4.37. The highest BCUT2D eigenvalue weighted by atomic mass is 16.2. The van der Waals surface area contributed by atoms with Gasteiger partial charge in [-0.3, -0.25) is 4.79 Å². The lowest BCUT2D eigenvalue weighted by atomic mass is 10.0. The van der Waals surface area contributed by atoms with Crippen molar-refractivity contribution in [2.45, 2.75) is 45.2 Å². The maximum absolute atomic E-state index is 12.5. The predicted octanol–water partition coefficient (Wildman–Crippen LogP) is 2.87. The predicted molar refractivity (Wildman–Crippen MR) is 98.6 cm³/mol. The SMILES string of the molecule is CC(C)(C)NC(=O)N1CCC(NC(=O)c2cc3ccccc3[nH]2)CC1. The summed E-state index contributed by atoms with van der Waals surface area (Å²) in [6, 6.07) is 9.77. The zero-order chi connectivity index (χ0) is 18.0. The normalized spacial score (nSPS) is 16.0. The molecule has 0 spiro atoms. The lowest BCUT2D eigenvalue weighted by Gasteiger charge is -2.34. The van der Waals surface area contributed by atoms with E-state index < -0.39 is 0 Å². The molecule has 2 aromatic rings. The number of para-hydroxylation sites is 1. The van der Waals surface area contributed by atoms with Crippen molar-refractivity contribution in [2.24, 2.45) is 0 Å². The van der Waals surface area contributed by atoms with Crippen LogP contribution in [-0.4, -0.2) is 46.5 Å². The molecular weight excluding hydrogens is 316 g/mol. The Balaban J connectivity index is 1.53. The van der Waals surface area contributed by atoms with E-state index in [1.807, 2.05) is 56.0 Å². The van der Waals surface area contributed by atoms with Crippen LogP contribution in [0.25, 0.3) is 10.9 Å². The van der Waals surface area contributed by atoms with Crippen molar-refractivity contribution in [3.8, 4) is 0 Å². The van der Waals surface area contributed by atoms with Crippen LogP contribution in [0.5, 0.6) is 0 Å². The van der Waals surface area contributed by atoms with E-state index in [0.717, 1.165) is 23.7 Å². The van der Waals surface area contributed by atoms with Gasteiger partial charge in [0.15, 0.2) is 0 Å². The van der Waals surface area contributed by atoms with Crippen LogP contribution < -0.4 is 10.6 Å². The second-order valence-corrected chi connectivity index (χ2v) is 7.69. The first-order chi connectivity index (χ1) is 11.8. The molecule has 0 aliphatic carbocycles. The fourth-order valence-electron chi connectivity index (χ4n) is 3.09. The first kappa shape index (κ1) is 17.3. The molecule has 1 aliphatic heterocycles. The average Bonchev–Trinajstić information content (AvgIpc) is 2.98. The van der Waals surface area contributed by atoms with Crippen molar-refractivity contribution in [2.75, 3.05) is 13.1 Å². The van der Waals surface area contributed by atoms with Crippen molar-refractivity contribution in [3.05, 3.63) is 36.0 Å². The minimum absolute atomic E-state index is 0.0344. The number of aromatic nitrogens is 1. The first-order valence-corrected chi connectivity index (χ1v) is 8.77. The maximum Gasteiger partial charge on any atom is 0.317 e. The van der Waals surface area contributed by atoms with Crippen LogP contribution in [0.15, 0.2) is 30.3 Å². The van der Waals surface area contributed by atoms with Gasteiger partial charge in [-0.15, -0.1) is 0 Å². The van der Waals surface area contributed by atoms with Crippen LogP contribution in [0.1, 0.15) is 44.1 Å². The molecule has 6 nitrogen and oxygen atoms in total. The Hall–Kier alpha value is -2.50. The molecule has 3 amide bonds. The number of nitrogens with one attached hydrogen (secondary N) is 3. The van der Waals surface area contributed by atoms with E-state index >= 15 is 0 Å². The second kappa shape index (κ2) is 6.78. The summed E-state index contributed by atoms with van der Waals surface area (Å²) in [4.78, 5) is 29.6. The van der Waals surface area contributed by atoms with Gasteiger partial charge in [-0.25, -0.2) is 4.79 Å². The van der Waals surface area contributed by atoms with Crippen molar-refractivity contribution in [1.29, 1.82) is 0 Å². The van der Waals surface area contributed by atoms with Crippen LogP contribution in [0.2, 0.25) is 0 Å². The van der Waals surface area contributed by atoms with Crippen LogP contribution >= 0.6 is 0 Å². The van der Waals surface area contributed by atoms with Gasteiger partial charge in [0.1, 0.15) is 5.69 Å². The number of aromatic amines is 1. The standard InChI is InChI=1S/C19H26N4O2/c1-19(2,3)22-18(25)23-10-8-14(9-11-23)20-17(24)16-12-13-6-4-5-7-15(13)21-16/h4-7,12,14,21H,8-11H2,1-3H3,(H,20,24)(H,22,25). The number of likely N-dealkylation sites (tertiary alicyclic amines) is 1. The van der Waals surface area contributed by atoms with E-state index in [9.17, 15) is 9.59 Å². The van der Waals surface area contributed by atoms with Gasteiger partial charge in [0, 0.05) is 35.6 Å². The van der Waals surface area contributed by atoms with E-state index in [4.69, 9.17) is 0 Å². The van der Waals surface area contributed by atoms with Crippen LogP contribution in [0.4, 0.5) is 4.79 Å². The zero-order valence-corrected chi connectivity index (χ0v) is 15.1. The number of rotatable bonds is 2. The summed E-state index contributed by atoms with van der Waals surface area (Å²) in [5.74, 6) is -0.0891. The Morgan fingerprint density at radius 1 is 1.16 bits per heavy atom. The van der Waals surface area contributed by atoms with E-state index in [-0.39, 0.29) is 23.5 Å². The molecule has 25 heavy (non-hydrogen) atoms. The lowest BCUT2D eigenvalue weighted by Crippen LogP contribution is -2.53. The number of urea groups is 1. The van der Waals surface area contributed by atoms with E-state index in [1.54, 1.807) is 0 Å². The molecule has 6 heteroatoms. The van der Waals surface area contributed by atoms with Gasteiger partial charge in [0.2, 0.25) is 0 Å². The summed E-state index contributed by atoms with van der Waals surface area (Å²) in [7, 11) is 0. The summed E-state index contributed by atoms with van der Waals surface area (Å²) in [6.45, 7) is 7.22. The fraction of sp³-hybridized carbons (Fsp3) is 0.474. The van der Waals surface area contributed by atoms with Crippen molar-refractivity contribution < 1.29 is 9.59 Å². The van der Waals surface area contributed by atoms with E-state index in [2.05, 4.69) is 15.6 Å². The lowest BCUT2D eigenvalue weighted by molar-refractivity contribution is 0.0913. The molecule has 0 atom stereocenters. The van der Waals surface area contributed by atoms with Crippen molar-refractivity contribution in [1.82, 2.24) is 20.5 Å². The maximum atomic E-state index is 12.5. The highest BCUT2D eigenvalue weighted by Gasteiger charge is 2.26. The smallest absolute Gasteiger partial charge is 0.317 e. The summed E-state index contributed by atoms with van der Waals surface area (Å²) < 4.78 is 0. The molecule has 2 heterocycles. The first-order valence-electron chi connectivity index (χ1n) is 8.77. The Bertz CT molecular complexity index is 734. The van der Waals surface area contributed by atoms with Crippen molar-refractivity contribution in [3.63, 3.8) is 0 Å². The fourth-order valence-corrected chi connectivity index (χ4v) is 3.09. The molecular formula is C19H26N4O2. The number of amides is 3. The van der Waals surface area contributed by atoms with Crippen LogP contribution in [-0.2, 0) is 0 Å². The number of carbonyl (C=O) groups is 2. The molecule has 1 aromatic heterocycles. The Kier molecular flexibility index (Phi) is 4.70. The van der Waals surface area contributed by atoms with Crippen LogP contribution in [0.3, 0.4) is 0 Å². The third-order valence-electron chi connectivity index (χ3n) is 4.37. The van der Waals surface area contributed by atoms with Gasteiger partial charge >= 0.3 is 6.03 Å². The minimum atomic E-state index is -0.238. The third kappa shape index (κ3) is 4.32. The average molecular weight is 342 g/mol. The zero-order valence-electron chi connectivity index (χ0n) is 15.1. The minimum Gasteiger partial charge on any atom is -0.351 e. The largest absolute Gasteiger partial charge is 0.351 e. The number of piperidine rings is 1. The number of hydrogen-bond acceptors (Lipinski definition) is 2. The Morgan fingerprint density at radius 3 is 2.48 bits per heavy atom. The van der Waals surface area contributed by atoms with E-state index in [0.29, 0.717) is 18.8 Å². The van der Waals surface area contributed by atoms with Gasteiger partial charge in [-0.2, -0.15) is 0 Å². The van der Waals surface area contributed by atoms with E-state index in [1.165, 1.54) is 0 Å². The summed E-state index contributed by atoms with van der Waals surface area (Å²) in [6.07, 6.45) is 1.53. The molecule has 0 saturated carbocycles. The summed E-state index contributed by atoms with van der Waals surface area (Å²) in [5.41, 5.74) is 1.30. The van der Waals surface area contributed by atoms with Crippen molar-refractivity contribution >= 4 is 22.8 Å². The number of carbonyl (C=O) groups excluding carboxylic acids is 2. The molecule has 3 N–H and O–H groups in total. The highest BCUT2D eigenvalue weighted by Crippen LogP contribution is 2.16. The van der Waals surface area contributed by atoms with Gasteiger partial charge in [0.05, 0.1) is 0 Å². The number of hydrogen-bond donors (Lipinski definition) is 3. The quantitative estimate of drug-likeness (QED) is 0.785. The molecule has 134 valence electrons. The molecule has 0 bridgehead atoms. The molecule has 1 fully saturated rings. The topological polar surface area (TPSA) is 77.2 Å². The second-order valence-electron chi connectivity index (χ2n) is 7.69.